The van der Waals surface area contributed by atoms with E-state index in [4.69, 9.17) is 26.8 Å². The molecule has 0 radical (unpaired) electrons. The summed E-state index contributed by atoms with van der Waals surface area (Å²) in [5.41, 5.74) is 7.68. The lowest BCUT2D eigenvalue weighted by Crippen LogP contribution is -2.31. The highest BCUT2D eigenvalue weighted by molar-refractivity contribution is 6.33. The summed E-state index contributed by atoms with van der Waals surface area (Å²) in [6, 6.07) is 11.1. The van der Waals surface area contributed by atoms with Crippen molar-refractivity contribution in [2.24, 2.45) is 5.92 Å². The Balaban J connectivity index is 1.59. The topological polar surface area (TPSA) is 76.8 Å². The zero-order chi connectivity index (χ0) is 19.4. The van der Waals surface area contributed by atoms with Crippen LogP contribution in [0.1, 0.15) is 16.8 Å². The van der Waals surface area contributed by atoms with Crippen LogP contribution in [-0.4, -0.2) is 39.8 Å². The summed E-state index contributed by atoms with van der Waals surface area (Å²) in [4.78, 5) is 14.9. The van der Waals surface area contributed by atoms with Crippen molar-refractivity contribution in [3.05, 3.63) is 47.0 Å². The summed E-state index contributed by atoms with van der Waals surface area (Å²) in [7, 11) is 3.17. The third-order valence-electron chi connectivity index (χ3n) is 4.82. The van der Waals surface area contributed by atoms with E-state index in [1.54, 1.807) is 19.2 Å². The number of nitrogens with zero attached hydrogens (tertiary/aromatic N) is 1. The SMILES string of the molecule is COc1cccc(N2CCC(CNC(=O)c3cc(Cl)c(N)cc3OC)C2)c1. The van der Waals surface area contributed by atoms with Gasteiger partial charge >= 0.3 is 0 Å². The molecule has 0 aliphatic carbocycles. The van der Waals surface area contributed by atoms with Gasteiger partial charge in [-0.1, -0.05) is 17.7 Å². The second-order valence-electron chi connectivity index (χ2n) is 6.59. The molecule has 1 fully saturated rings. The monoisotopic (exact) mass is 389 g/mol. The van der Waals surface area contributed by atoms with Gasteiger partial charge in [-0.15, -0.1) is 0 Å². The molecule has 1 aliphatic rings. The molecule has 1 unspecified atom stereocenters. The summed E-state index contributed by atoms with van der Waals surface area (Å²) >= 11 is 6.05. The molecule has 0 aromatic heterocycles. The molecule has 1 amide bonds. The molecule has 1 heterocycles. The predicted octanol–water partition coefficient (Wildman–Crippen LogP) is 3.20. The number of halogens is 1. The molecule has 0 saturated carbocycles. The first-order valence-corrected chi connectivity index (χ1v) is 9.19. The Bertz CT molecular complexity index is 828. The fraction of sp³-hybridized carbons (Fsp3) is 0.350. The Morgan fingerprint density at radius 2 is 2.11 bits per heavy atom. The molecule has 7 heteroatoms. The van der Waals surface area contributed by atoms with E-state index < -0.39 is 0 Å². The van der Waals surface area contributed by atoms with Gasteiger partial charge in [-0.25, -0.2) is 0 Å². The van der Waals surface area contributed by atoms with Gasteiger partial charge < -0.3 is 25.4 Å². The maximum Gasteiger partial charge on any atom is 0.255 e. The van der Waals surface area contributed by atoms with Crippen LogP contribution in [-0.2, 0) is 0 Å². The quantitative estimate of drug-likeness (QED) is 0.742. The van der Waals surface area contributed by atoms with Crippen molar-refractivity contribution in [1.82, 2.24) is 5.32 Å². The van der Waals surface area contributed by atoms with Crippen molar-refractivity contribution in [3.63, 3.8) is 0 Å². The van der Waals surface area contributed by atoms with Crippen molar-refractivity contribution in [2.45, 2.75) is 6.42 Å². The molecule has 6 nitrogen and oxygen atoms in total. The third-order valence-corrected chi connectivity index (χ3v) is 5.15. The molecule has 2 aromatic carbocycles. The average Bonchev–Trinajstić information content (AvgIpc) is 3.17. The summed E-state index contributed by atoms with van der Waals surface area (Å²) < 4.78 is 10.5. The number of hydrogen-bond donors (Lipinski definition) is 2. The van der Waals surface area contributed by atoms with Gasteiger partial charge in [0.2, 0.25) is 0 Å². The number of carbonyl (C=O) groups is 1. The maximum absolute atomic E-state index is 12.6. The number of amides is 1. The molecule has 0 spiro atoms. The average molecular weight is 390 g/mol. The second-order valence-corrected chi connectivity index (χ2v) is 6.99. The van der Waals surface area contributed by atoms with Crippen LogP contribution in [0, 0.1) is 5.92 Å². The number of nitrogen functional groups attached to an aromatic ring is 1. The van der Waals surface area contributed by atoms with Crippen LogP contribution in [0.2, 0.25) is 5.02 Å². The highest BCUT2D eigenvalue weighted by atomic mass is 35.5. The van der Waals surface area contributed by atoms with Crippen LogP contribution in [0.15, 0.2) is 36.4 Å². The summed E-state index contributed by atoms with van der Waals surface area (Å²) in [6.07, 6.45) is 1.01. The number of nitrogens with two attached hydrogens (primary N) is 1. The standard InChI is InChI=1S/C20H24ClN3O3/c1-26-15-5-3-4-14(8-15)24-7-6-13(12-24)11-23-20(25)16-9-17(21)18(22)10-19(16)27-2/h3-5,8-10,13H,6-7,11-12,22H2,1-2H3,(H,23,25). The van der Waals surface area contributed by atoms with E-state index in [0.29, 0.717) is 34.5 Å². The van der Waals surface area contributed by atoms with E-state index in [-0.39, 0.29) is 5.91 Å². The van der Waals surface area contributed by atoms with E-state index >= 15 is 0 Å². The number of anilines is 2. The minimum absolute atomic E-state index is 0.214. The minimum Gasteiger partial charge on any atom is -0.497 e. The van der Waals surface area contributed by atoms with Crippen LogP contribution in [0.25, 0.3) is 0 Å². The van der Waals surface area contributed by atoms with E-state index in [2.05, 4.69) is 16.3 Å². The Morgan fingerprint density at radius 3 is 2.85 bits per heavy atom. The van der Waals surface area contributed by atoms with Crippen LogP contribution in [0.5, 0.6) is 11.5 Å². The first kappa shape index (κ1) is 19.2. The lowest BCUT2D eigenvalue weighted by atomic mass is 10.1. The summed E-state index contributed by atoms with van der Waals surface area (Å²) in [5.74, 6) is 1.42. The molecule has 3 N–H and O–H groups in total. The van der Waals surface area contributed by atoms with Crippen molar-refractivity contribution in [2.75, 3.05) is 44.5 Å². The molecule has 144 valence electrons. The van der Waals surface area contributed by atoms with Gasteiger partial charge in [-0.2, -0.15) is 0 Å². The molecule has 0 bridgehead atoms. The van der Waals surface area contributed by atoms with Crippen LogP contribution in [0.4, 0.5) is 11.4 Å². The molecule has 27 heavy (non-hydrogen) atoms. The number of rotatable bonds is 6. The van der Waals surface area contributed by atoms with Crippen LogP contribution >= 0.6 is 11.6 Å². The van der Waals surface area contributed by atoms with Crippen molar-refractivity contribution < 1.29 is 14.3 Å². The third kappa shape index (κ3) is 4.39. The summed E-state index contributed by atoms with van der Waals surface area (Å²) in [5, 5.41) is 3.33. The van der Waals surface area contributed by atoms with Gasteiger partial charge in [-0.3, -0.25) is 4.79 Å². The highest BCUT2D eigenvalue weighted by Crippen LogP contribution is 2.29. The number of methoxy groups -OCH3 is 2. The Kier molecular flexibility index (Phi) is 5.96. The van der Waals surface area contributed by atoms with E-state index in [0.717, 1.165) is 30.9 Å². The smallest absolute Gasteiger partial charge is 0.255 e. The molecule has 2 aromatic rings. The van der Waals surface area contributed by atoms with Crippen molar-refractivity contribution in [1.29, 1.82) is 0 Å². The number of benzene rings is 2. The number of nitrogens with one attached hydrogen (secondary N) is 1. The first-order valence-electron chi connectivity index (χ1n) is 8.82. The zero-order valence-electron chi connectivity index (χ0n) is 15.5. The fourth-order valence-corrected chi connectivity index (χ4v) is 3.45. The zero-order valence-corrected chi connectivity index (χ0v) is 16.3. The first-order chi connectivity index (χ1) is 13.0. The van der Waals surface area contributed by atoms with Gasteiger partial charge in [0.25, 0.3) is 5.91 Å². The number of hydrogen-bond acceptors (Lipinski definition) is 5. The van der Waals surface area contributed by atoms with Gasteiger partial charge in [-0.05, 0) is 30.5 Å². The normalized spacial score (nSPS) is 16.3. The highest BCUT2D eigenvalue weighted by Gasteiger charge is 2.24. The predicted molar refractivity (Wildman–Crippen MR) is 108 cm³/mol. The Labute approximate surface area is 164 Å². The van der Waals surface area contributed by atoms with Crippen LogP contribution in [0.3, 0.4) is 0 Å². The second kappa shape index (κ2) is 8.39. The molecule has 1 atom stereocenters. The molecule has 3 rings (SSSR count). The number of carbonyl (C=O) groups excluding carboxylic acids is 1. The lowest BCUT2D eigenvalue weighted by molar-refractivity contribution is 0.0945. The molecular formula is C20H24ClN3O3. The van der Waals surface area contributed by atoms with E-state index in [1.165, 1.54) is 7.11 Å². The van der Waals surface area contributed by atoms with Crippen LogP contribution < -0.4 is 25.4 Å². The van der Waals surface area contributed by atoms with Gasteiger partial charge in [0, 0.05) is 37.5 Å². The molecule has 1 aliphatic heterocycles. The fourth-order valence-electron chi connectivity index (χ4n) is 3.29. The van der Waals surface area contributed by atoms with Crippen molar-refractivity contribution in [3.8, 4) is 11.5 Å². The lowest BCUT2D eigenvalue weighted by Gasteiger charge is -2.19. The summed E-state index contributed by atoms with van der Waals surface area (Å²) in [6.45, 7) is 2.42. The molecule has 1 saturated heterocycles. The molecular weight excluding hydrogens is 366 g/mol. The maximum atomic E-state index is 12.6. The van der Waals surface area contributed by atoms with Gasteiger partial charge in [0.05, 0.1) is 30.5 Å². The van der Waals surface area contributed by atoms with Gasteiger partial charge in [0.1, 0.15) is 11.5 Å². The Hall–Kier alpha value is -2.60. The minimum atomic E-state index is -0.214. The Morgan fingerprint density at radius 1 is 1.30 bits per heavy atom. The van der Waals surface area contributed by atoms with E-state index in [9.17, 15) is 4.79 Å². The van der Waals surface area contributed by atoms with Gasteiger partial charge in [0.15, 0.2) is 0 Å². The van der Waals surface area contributed by atoms with Crippen molar-refractivity contribution >= 4 is 28.9 Å². The number of ether oxygens (including phenoxy) is 2. The van der Waals surface area contributed by atoms with E-state index in [1.807, 2.05) is 18.2 Å². The largest absolute Gasteiger partial charge is 0.497 e.